The van der Waals surface area contributed by atoms with E-state index in [9.17, 15) is 19.8 Å². The van der Waals surface area contributed by atoms with Gasteiger partial charge in [-0.1, -0.05) is 6.07 Å². The summed E-state index contributed by atoms with van der Waals surface area (Å²) >= 11 is 0. The van der Waals surface area contributed by atoms with Gasteiger partial charge in [-0.05, 0) is 38.5 Å². The number of ether oxygens (including phenoxy) is 2. The van der Waals surface area contributed by atoms with Crippen molar-refractivity contribution in [3.8, 4) is 5.75 Å². The van der Waals surface area contributed by atoms with Gasteiger partial charge in [0.15, 0.2) is 0 Å². The molecule has 1 aromatic carbocycles. The van der Waals surface area contributed by atoms with Gasteiger partial charge in [-0.25, -0.2) is 4.79 Å². The number of methoxy groups -OCH3 is 1. The van der Waals surface area contributed by atoms with Crippen molar-refractivity contribution in [3.05, 3.63) is 29.3 Å². The number of hydrogen-bond acceptors (Lipinski definition) is 6. The van der Waals surface area contributed by atoms with Crippen LogP contribution in [0.1, 0.15) is 38.0 Å². The van der Waals surface area contributed by atoms with Gasteiger partial charge < -0.3 is 30.1 Å². The van der Waals surface area contributed by atoms with E-state index in [0.29, 0.717) is 16.9 Å². The van der Waals surface area contributed by atoms with Crippen molar-refractivity contribution in [1.82, 2.24) is 5.32 Å². The summed E-state index contributed by atoms with van der Waals surface area (Å²) in [7, 11) is 1.41. The van der Waals surface area contributed by atoms with Crippen molar-refractivity contribution in [2.24, 2.45) is 0 Å². The van der Waals surface area contributed by atoms with E-state index in [-0.39, 0.29) is 13.0 Å². The third-order valence-electron chi connectivity index (χ3n) is 3.21. The van der Waals surface area contributed by atoms with Crippen LogP contribution in [0.3, 0.4) is 0 Å². The average Bonchev–Trinajstić information content (AvgIpc) is 2.49. The Morgan fingerprint density at radius 3 is 2.40 bits per heavy atom. The molecule has 0 aliphatic carbocycles. The molecule has 8 heteroatoms. The van der Waals surface area contributed by atoms with Gasteiger partial charge in [-0.15, -0.1) is 0 Å². The molecule has 2 atom stereocenters. The highest BCUT2D eigenvalue weighted by Crippen LogP contribution is 2.25. The monoisotopic (exact) mass is 355 g/mol. The van der Waals surface area contributed by atoms with Gasteiger partial charge in [-0.2, -0.15) is 0 Å². The van der Waals surface area contributed by atoms with Crippen LogP contribution in [0.5, 0.6) is 5.75 Å². The van der Waals surface area contributed by atoms with Crippen LogP contribution in [0.15, 0.2) is 18.2 Å². The topological polar surface area (TPSA) is 125 Å². The summed E-state index contributed by atoms with van der Waals surface area (Å²) < 4.78 is 10.1. The number of aliphatic hydroxyl groups is 2. The van der Waals surface area contributed by atoms with Crippen LogP contribution in [0.4, 0.5) is 4.79 Å². The maximum absolute atomic E-state index is 11.6. The number of aliphatic carboxylic acids is 1. The second kappa shape index (κ2) is 8.68. The normalized spacial score (nSPS) is 13.7. The number of nitrogens with one attached hydrogen (secondary N) is 1. The van der Waals surface area contributed by atoms with Crippen molar-refractivity contribution in [3.63, 3.8) is 0 Å². The highest BCUT2D eigenvalue weighted by atomic mass is 16.6. The van der Waals surface area contributed by atoms with E-state index >= 15 is 0 Å². The molecule has 0 fully saturated rings. The average molecular weight is 355 g/mol. The minimum atomic E-state index is -1.31. The van der Waals surface area contributed by atoms with Gasteiger partial charge in [-0.3, -0.25) is 4.79 Å². The summed E-state index contributed by atoms with van der Waals surface area (Å²) in [4.78, 5) is 22.5. The van der Waals surface area contributed by atoms with E-state index in [4.69, 9.17) is 14.6 Å². The molecule has 0 aliphatic heterocycles. The van der Waals surface area contributed by atoms with Gasteiger partial charge in [0.05, 0.1) is 13.5 Å². The zero-order valence-corrected chi connectivity index (χ0v) is 14.8. The van der Waals surface area contributed by atoms with E-state index in [1.165, 1.54) is 25.3 Å². The van der Waals surface area contributed by atoms with Crippen molar-refractivity contribution in [1.29, 1.82) is 0 Å². The number of carboxylic acid groups (broad SMARTS) is 1. The number of amides is 1. The summed E-state index contributed by atoms with van der Waals surface area (Å²) in [6.07, 6.45) is -3.59. The number of aliphatic hydroxyl groups excluding tert-OH is 2. The zero-order valence-electron chi connectivity index (χ0n) is 14.8. The van der Waals surface area contributed by atoms with Crippen molar-refractivity contribution in [2.45, 2.75) is 45.0 Å². The van der Waals surface area contributed by atoms with Crippen LogP contribution < -0.4 is 10.1 Å². The quantitative estimate of drug-likeness (QED) is 0.580. The van der Waals surface area contributed by atoms with Gasteiger partial charge in [0.2, 0.25) is 0 Å². The first-order valence-corrected chi connectivity index (χ1v) is 7.75. The number of benzene rings is 1. The first-order chi connectivity index (χ1) is 11.5. The molecule has 8 nitrogen and oxygen atoms in total. The standard InChI is InChI=1S/C17H25NO7/c1-17(2,3)25-16(23)18-9-12(19)15(22)10-5-6-13(24-4)11(7-10)8-14(20)21/h5-7,12,15,19,22H,8-9H2,1-4H3,(H,18,23)(H,20,21). The van der Waals surface area contributed by atoms with E-state index < -0.39 is 29.9 Å². The molecule has 0 bridgehead atoms. The fraction of sp³-hybridized carbons (Fsp3) is 0.529. The maximum atomic E-state index is 11.6. The third-order valence-corrected chi connectivity index (χ3v) is 3.21. The molecule has 0 spiro atoms. The lowest BCUT2D eigenvalue weighted by atomic mass is 10.00. The maximum Gasteiger partial charge on any atom is 0.407 e. The Morgan fingerprint density at radius 1 is 1.24 bits per heavy atom. The van der Waals surface area contributed by atoms with Crippen LogP contribution in [0, 0.1) is 0 Å². The largest absolute Gasteiger partial charge is 0.496 e. The molecule has 4 N–H and O–H groups in total. The van der Waals surface area contributed by atoms with E-state index in [2.05, 4.69) is 5.32 Å². The first kappa shape index (κ1) is 20.7. The molecule has 0 saturated heterocycles. The smallest absolute Gasteiger partial charge is 0.407 e. The summed E-state index contributed by atoms with van der Waals surface area (Å²) in [5.74, 6) is -0.670. The lowest BCUT2D eigenvalue weighted by molar-refractivity contribution is -0.136. The lowest BCUT2D eigenvalue weighted by Crippen LogP contribution is -2.38. The molecule has 1 aromatic rings. The third kappa shape index (κ3) is 6.98. The van der Waals surface area contributed by atoms with Crippen LogP contribution >= 0.6 is 0 Å². The molecule has 0 radical (unpaired) electrons. The predicted octanol–water partition coefficient (Wildman–Crippen LogP) is 1.24. The van der Waals surface area contributed by atoms with Crippen LogP contribution in [0.2, 0.25) is 0 Å². The summed E-state index contributed by atoms with van der Waals surface area (Å²) in [5, 5.41) is 31.6. The molecule has 0 aromatic heterocycles. The van der Waals surface area contributed by atoms with Gasteiger partial charge in [0.25, 0.3) is 0 Å². The molecule has 140 valence electrons. The number of hydrogen-bond donors (Lipinski definition) is 4. The van der Waals surface area contributed by atoms with Crippen LogP contribution in [-0.2, 0) is 16.0 Å². The van der Waals surface area contributed by atoms with Crippen LogP contribution in [-0.4, -0.2) is 52.7 Å². The molecule has 0 aliphatic rings. The molecule has 0 saturated carbocycles. The number of alkyl carbamates (subject to hydrolysis) is 1. The Balaban J connectivity index is 2.76. The highest BCUT2D eigenvalue weighted by molar-refractivity contribution is 5.71. The Kier molecular flexibility index (Phi) is 7.20. The Bertz CT molecular complexity index is 610. The Labute approximate surface area is 146 Å². The lowest BCUT2D eigenvalue weighted by Gasteiger charge is -2.22. The summed E-state index contributed by atoms with van der Waals surface area (Å²) in [6, 6.07) is 4.49. The second-order valence-corrected chi connectivity index (χ2v) is 6.54. The minimum absolute atomic E-state index is 0.226. The minimum Gasteiger partial charge on any atom is -0.496 e. The number of carboxylic acids is 1. The van der Waals surface area contributed by atoms with Crippen molar-refractivity contribution in [2.75, 3.05) is 13.7 Å². The second-order valence-electron chi connectivity index (χ2n) is 6.54. The molecule has 2 unspecified atom stereocenters. The Hall–Kier alpha value is -2.32. The predicted molar refractivity (Wildman–Crippen MR) is 89.5 cm³/mol. The first-order valence-electron chi connectivity index (χ1n) is 7.75. The molecule has 25 heavy (non-hydrogen) atoms. The van der Waals surface area contributed by atoms with E-state index in [0.717, 1.165) is 0 Å². The van der Waals surface area contributed by atoms with E-state index in [1.54, 1.807) is 20.8 Å². The summed E-state index contributed by atoms with van der Waals surface area (Å²) in [5.41, 5.74) is 0.0180. The fourth-order valence-corrected chi connectivity index (χ4v) is 2.12. The van der Waals surface area contributed by atoms with Crippen LogP contribution in [0.25, 0.3) is 0 Å². The van der Waals surface area contributed by atoms with Crippen molar-refractivity contribution < 1.29 is 34.4 Å². The SMILES string of the molecule is COc1ccc(C(O)C(O)CNC(=O)OC(C)(C)C)cc1CC(=O)O. The number of rotatable bonds is 7. The molecular weight excluding hydrogens is 330 g/mol. The zero-order chi connectivity index (χ0) is 19.2. The van der Waals surface area contributed by atoms with Gasteiger partial charge in [0, 0.05) is 12.1 Å². The van der Waals surface area contributed by atoms with E-state index in [1.807, 2.05) is 0 Å². The van der Waals surface area contributed by atoms with Crippen molar-refractivity contribution >= 4 is 12.1 Å². The molecule has 1 rings (SSSR count). The Morgan fingerprint density at radius 2 is 1.88 bits per heavy atom. The molecule has 0 heterocycles. The highest BCUT2D eigenvalue weighted by Gasteiger charge is 2.22. The summed E-state index contributed by atoms with van der Waals surface area (Å²) in [6.45, 7) is 4.90. The van der Waals surface area contributed by atoms with Gasteiger partial charge >= 0.3 is 12.1 Å². The fourth-order valence-electron chi connectivity index (χ4n) is 2.12. The molecule has 1 amide bonds. The number of carbonyl (C=O) groups is 2. The number of carbonyl (C=O) groups excluding carboxylic acids is 1. The van der Waals surface area contributed by atoms with Gasteiger partial charge in [0.1, 0.15) is 23.6 Å². The molecular formula is C17H25NO7.